The van der Waals surface area contributed by atoms with E-state index in [1.165, 1.54) is 0 Å². The molecule has 92 valence electrons. The lowest BCUT2D eigenvalue weighted by atomic mass is 10.3. The lowest BCUT2D eigenvalue weighted by Crippen LogP contribution is -2.20. The van der Waals surface area contributed by atoms with Crippen LogP contribution in [0.4, 0.5) is 5.69 Å². The number of halogens is 1. The van der Waals surface area contributed by atoms with E-state index >= 15 is 0 Å². The normalized spacial score (nSPS) is 9.83. The first-order valence-corrected chi connectivity index (χ1v) is 5.57. The smallest absolute Gasteiger partial charge is 0.316 e. The zero-order valence-corrected chi connectivity index (χ0v) is 10.1. The third-order valence-electron chi connectivity index (χ3n) is 2.00. The molecule has 0 saturated carbocycles. The van der Waals surface area contributed by atoms with E-state index in [9.17, 15) is 4.79 Å². The third kappa shape index (κ3) is 3.71. The van der Waals surface area contributed by atoms with Gasteiger partial charge in [-0.25, -0.2) is 9.97 Å². The SMILES string of the molecule is O=C(COc1ncccn1)Nc1ccc(Cl)cc1. The highest BCUT2D eigenvalue weighted by atomic mass is 35.5. The van der Waals surface area contributed by atoms with Crippen molar-refractivity contribution >= 4 is 23.2 Å². The molecule has 0 saturated heterocycles. The molecule has 2 aromatic rings. The predicted octanol–water partition coefficient (Wildman–Crippen LogP) is 2.15. The van der Waals surface area contributed by atoms with Gasteiger partial charge in [-0.2, -0.15) is 0 Å². The second-order valence-corrected chi connectivity index (χ2v) is 3.81. The molecular weight excluding hydrogens is 254 g/mol. The van der Waals surface area contributed by atoms with Crippen LogP contribution in [0.25, 0.3) is 0 Å². The fourth-order valence-electron chi connectivity index (χ4n) is 1.22. The van der Waals surface area contributed by atoms with E-state index in [2.05, 4.69) is 15.3 Å². The maximum atomic E-state index is 11.5. The standard InChI is InChI=1S/C12H10ClN3O2/c13-9-2-4-10(5-3-9)16-11(17)8-18-12-14-6-1-7-15-12/h1-7H,8H2,(H,16,17). The van der Waals surface area contributed by atoms with Crippen LogP contribution in [-0.2, 0) is 4.79 Å². The maximum absolute atomic E-state index is 11.5. The van der Waals surface area contributed by atoms with Crippen LogP contribution in [0.5, 0.6) is 6.01 Å². The van der Waals surface area contributed by atoms with Gasteiger partial charge in [-0.1, -0.05) is 11.6 Å². The minimum atomic E-state index is -0.287. The fraction of sp³-hybridized carbons (Fsp3) is 0.0833. The number of anilines is 1. The van der Waals surface area contributed by atoms with E-state index in [1.54, 1.807) is 42.7 Å². The second-order valence-electron chi connectivity index (χ2n) is 3.38. The molecule has 1 N–H and O–H groups in total. The molecular formula is C12H10ClN3O2. The molecule has 0 unspecified atom stereocenters. The molecule has 0 radical (unpaired) electrons. The second kappa shape index (κ2) is 5.97. The van der Waals surface area contributed by atoms with Crippen molar-refractivity contribution in [1.82, 2.24) is 9.97 Å². The summed E-state index contributed by atoms with van der Waals surface area (Å²) in [7, 11) is 0. The summed E-state index contributed by atoms with van der Waals surface area (Å²) in [6, 6.07) is 8.64. The monoisotopic (exact) mass is 263 g/mol. The summed E-state index contributed by atoms with van der Waals surface area (Å²) in [4.78, 5) is 19.2. The highest BCUT2D eigenvalue weighted by Gasteiger charge is 2.04. The van der Waals surface area contributed by atoms with Crippen LogP contribution < -0.4 is 10.1 Å². The van der Waals surface area contributed by atoms with Gasteiger partial charge < -0.3 is 10.1 Å². The Morgan fingerprint density at radius 3 is 2.56 bits per heavy atom. The van der Waals surface area contributed by atoms with E-state index in [4.69, 9.17) is 16.3 Å². The molecule has 0 bridgehead atoms. The van der Waals surface area contributed by atoms with E-state index < -0.39 is 0 Å². The molecule has 1 aromatic heterocycles. The Morgan fingerprint density at radius 2 is 1.89 bits per heavy atom. The van der Waals surface area contributed by atoms with Crippen LogP contribution in [-0.4, -0.2) is 22.5 Å². The van der Waals surface area contributed by atoms with Crippen molar-refractivity contribution in [2.24, 2.45) is 0 Å². The molecule has 0 atom stereocenters. The molecule has 1 heterocycles. The van der Waals surface area contributed by atoms with Crippen LogP contribution in [0.1, 0.15) is 0 Å². The van der Waals surface area contributed by atoms with Gasteiger partial charge in [-0.05, 0) is 30.3 Å². The summed E-state index contributed by atoms with van der Waals surface area (Å²) in [6.45, 7) is -0.146. The van der Waals surface area contributed by atoms with Gasteiger partial charge in [0.05, 0.1) is 0 Å². The first-order valence-electron chi connectivity index (χ1n) is 5.19. The van der Waals surface area contributed by atoms with Gasteiger partial charge in [0.2, 0.25) is 0 Å². The molecule has 0 fully saturated rings. The number of aromatic nitrogens is 2. The van der Waals surface area contributed by atoms with Crippen molar-refractivity contribution in [2.45, 2.75) is 0 Å². The average Bonchev–Trinajstić information content (AvgIpc) is 2.40. The van der Waals surface area contributed by atoms with E-state index in [-0.39, 0.29) is 18.5 Å². The highest BCUT2D eigenvalue weighted by Crippen LogP contribution is 2.13. The van der Waals surface area contributed by atoms with Gasteiger partial charge in [0.15, 0.2) is 6.61 Å². The molecule has 1 aromatic carbocycles. The molecule has 0 aliphatic carbocycles. The van der Waals surface area contributed by atoms with Gasteiger partial charge >= 0.3 is 6.01 Å². The van der Waals surface area contributed by atoms with Gasteiger partial charge in [-0.15, -0.1) is 0 Å². The van der Waals surface area contributed by atoms with Gasteiger partial charge in [0.25, 0.3) is 5.91 Å². The zero-order valence-electron chi connectivity index (χ0n) is 9.34. The Morgan fingerprint density at radius 1 is 1.22 bits per heavy atom. The van der Waals surface area contributed by atoms with Crippen molar-refractivity contribution in [1.29, 1.82) is 0 Å². The summed E-state index contributed by atoms with van der Waals surface area (Å²) < 4.78 is 5.10. The number of nitrogens with zero attached hydrogens (tertiary/aromatic N) is 2. The lowest BCUT2D eigenvalue weighted by Gasteiger charge is -2.05. The molecule has 1 amide bonds. The molecule has 5 nitrogen and oxygen atoms in total. The molecule has 0 aliphatic rings. The van der Waals surface area contributed by atoms with Crippen molar-refractivity contribution in [3.63, 3.8) is 0 Å². The minimum Gasteiger partial charge on any atom is -0.453 e. The van der Waals surface area contributed by atoms with Crippen molar-refractivity contribution < 1.29 is 9.53 Å². The first kappa shape index (κ1) is 12.3. The number of rotatable bonds is 4. The Kier molecular flexibility index (Phi) is 4.09. The highest BCUT2D eigenvalue weighted by molar-refractivity contribution is 6.30. The van der Waals surface area contributed by atoms with Crippen LogP contribution in [0.3, 0.4) is 0 Å². The number of hydrogen-bond acceptors (Lipinski definition) is 4. The first-order chi connectivity index (χ1) is 8.74. The van der Waals surface area contributed by atoms with Crippen LogP contribution in [0, 0.1) is 0 Å². The minimum absolute atomic E-state index is 0.146. The average molecular weight is 264 g/mol. The van der Waals surface area contributed by atoms with E-state index in [0.29, 0.717) is 10.7 Å². The molecule has 0 spiro atoms. The number of hydrogen-bond donors (Lipinski definition) is 1. The Hall–Kier alpha value is -2.14. The number of carbonyl (C=O) groups excluding carboxylic acids is 1. The fourth-order valence-corrected chi connectivity index (χ4v) is 1.35. The van der Waals surface area contributed by atoms with Crippen LogP contribution in [0.15, 0.2) is 42.7 Å². The van der Waals surface area contributed by atoms with E-state index in [0.717, 1.165) is 0 Å². The summed E-state index contributed by atoms with van der Waals surface area (Å²) in [6.07, 6.45) is 3.08. The summed E-state index contributed by atoms with van der Waals surface area (Å²) in [5.74, 6) is -0.287. The number of carbonyl (C=O) groups is 1. The predicted molar refractivity (Wildman–Crippen MR) is 67.6 cm³/mol. The molecule has 0 aliphatic heterocycles. The molecule has 18 heavy (non-hydrogen) atoms. The van der Waals surface area contributed by atoms with Crippen LogP contribution in [0.2, 0.25) is 5.02 Å². The van der Waals surface area contributed by atoms with Crippen molar-refractivity contribution in [2.75, 3.05) is 11.9 Å². The topological polar surface area (TPSA) is 64.1 Å². The lowest BCUT2D eigenvalue weighted by molar-refractivity contribution is -0.118. The summed E-state index contributed by atoms with van der Waals surface area (Å²) in [5, 5.41) is 3.27. The zero-order chi connectivity index (χ0) is 12.8. The van der Waals surface area contributed by atoms with Gasteiger partial charge in [-0.3, -0.25) is 4.79 Å². The van der Waals surface area contributed by atoms with Gasteiger partial charge in [0, 0.05) is 23.1 Å². The van der Waals surface area contributed by atoms with E-state index in [1.807, 2.05) is 0 Å². The number of amides is 1. The Balaban J connectivity index is 1.84. The van der Waals surface area contributed by atoms with Crippen molar-refractivity contribution in [3.8, 4) is 6.01 Å². The number of benzene rings is 1. The van der Waals surface area contributed by atoms with Crippen LogP contribution >= 0.6 is 11.6 Å². The quantitative estimate of drug-likeness (QED) is 0.918. The largest absolute Gasteiger partial charge is 0.453 e. The number of ether oxygens (including phenoxy) is 1. The Labute approximate surface area is 109 Å². The third-order valence-corrected chi connectivity index (χ3v) is 2.25. The van der Waals surface area contributed by atoms with Crippen molar-refractivity contribution in [3.05, 3.63) is 47.7 Å². The summed E-state index contributed by atoms with van der Waals surface area (Å²) in [5.41, 5.74) is 0.655. The molecule has 2 rings (SSSR count). The van der Waals surface area contributed by atoms with Gasteiger partial charge in [0.1, 0.15) is 0 Å². The summed E-state index contributed by atoms with van der Waals surface area (Å²) >= 11 is 5.74. The maximum Gasteiger partial charge on any atom is 0.316 e. The number of nitrogens with one attached hydrogen (secondary N) is 1. The molecule has 6 heteroatoms. The Bertz CT molecular complexity index is 517.